The lowest BCUT2D eigenvalue weighted by Crippen LogP contribution is -2.13. The molecule has 0 bridgehead atoms. The molecule has 18 heavy (non-hydrogen) atoms. The van der Waals surface area contributed by atoms with Crippen LogP contribution in [0.2, 0.25) is 0 Å². The average Bonchev–Trinajstić information content (AvgIpc) is 2.30. The molecule has 100 valence electrons. The molecule has 1 unspecified atom stereocenters. The topological polar surface area (TPSA) is 75.4 Å². The Labute approximate surface area is 118 Å². The second-order valence-corrected chi connectivity index (χ2v) is 5.20. The van der Waals surface area contributed by atoms with Crippen LogP contribution in [0.25, 0.3) is 0 Å². The zero-order chi connectivity index (χ0) is 13.7. The zero-order valence-electron chi connectivity index (χ0n) is 9.82. The Kier molecular flexibility index (Phi) is 5.73. The summed E-state index contributed by atoms with van der Waals surface area (Å²) < 4.78 is 13.6. The van der Waals surface area contributed by atoms with Crippen molar-refractivity contribution in [1.29, 1.82) is 0 Å². The van der Waals surface area contributed by atoms with Crippen molar-refractivity contribution in [3.05, 3.63) is 31.6 Å². The van der Waals surface area contributed by atoms with Crippen LogP contribution in [-0.2, 0) is 0 Å². The molecule has 7 heteroatoms. The molecule has 1 rings (SSSR count). The van der Waals surface area contributed by atoms with E-state index in [1.807, 2.05) is 6.92 Å². The minimum Gasteiger partial charge on any atom is -0.396 e. The van der Waals surface area contributed by atoms with Gasteiger partial charge in [-0.25, -0.2) is 4.39 Å². The summed E-state index contributed by atoms with van der Waals surface area (Å²) in [5.41, 5.74) is 0.0275. The largest absolute Gasteiger partial charge is 0.396 e. The predicted octanol–water partition coefficient (Wildman–Crippen LogP) is 2.77. The maximum atomic E-state index is 13.4. The second kappa shape index (κ2) is 6.83. The number of aliphatic hydroxyl groups excluding tert-OH is 1. The molecule has 1 aromatic rings. The van der Waals surface area contributed by atoms with Gasteiger partial charge in [0, 0.05) is 25.3 Å². The fourth-order valence-electron chi connectivity index (χ4n) is 1.44. The number of halogens is 2. The van der Waals surface area contributed by atoms with Crippen molar-refractivity contribution < 1.29 is 14.4 Å². The van der Waals surface area contributed by atoms with Gasteiger partial charge in [0.2, 0.25) is 0 Å². The number of hydrogen-bond donors (Lipinski definition) is 2. The second-order valence-electron chi connectivity index (χ2n) is 4.04. The third-order valence-electron chi connectivity index (χ3n) is 2.50. The van der Waals surface area contributed by atoms with Crippen molar-refractivity contribution in [3.8, 4) is 0 Å². The molecule has 0 aliphatic heterocycles. The molecule has 0 amide bonds. The molecule has 0 radical (unpaired) electrons. The number of hydrogen-bond acceptors (Lipinski definition) is 4. The molecule has 0 aliphatic carbocycles. The van der Waals surface area contributed by atoms with Gasteiger partial charge in [-0.15, -0.1) is 0 Å². The van der Waals surface area contributed by atoms with Crippen LogP contribution >= 0.6 is 22.6 Å². The van der Waals surface area contributed by atoms with Crippen molar-refractivity contribution in [1.82, 2.24) is 0 Å². The highest BCUT2D eigenvalue weighted by atomic mass is 127. The fraction of sp³-hybridized carbons (Fsp3) is 0.455. The smallest absolute Gasteiger partial charge is 0.293 e. The van der Waals surface area contributed by atoms with Crippen molar-refractivity contribution in [3.63, 3.8) is 0 Å². The van der Waals surface area contributed by atoms with Crippen molar-refractivity contribution in [2.45, 2.75) is 13.3 Å². The van der Waals surface area contributed by atoms with E-state index in [0.29, 0.717) is 13.0 Å². The van der Waals surface area contributed by atoms with E-state index in [4.69, 9.17) is 5.11 Å². The van der Waals surface area contributed by atoms with Crippen molar-refractivity contribution in [2.24, 2.45) is 5.92 Å². The Balaban J connectivity index is 2.86. The number of benzene rings is 1. The molecule has 1 aromatic carbocycles. The Morgan fingerprint density at radius 1 is 1.61 bits per heavy atom. The molecular weight excluding hydrogens is 354 g/mol. The van der Waals surface area contributed by atoms with Crippen molar-refractivity contribution >= 4 is 34.0 Å². The number of nitro benzene ring substituents is 1. The van der Waals surface area contributed by atoms with Gasteiger partial charge in [0.25, 0.3) is 5.69 Å². The van der Waals surface area contributed by atoms with Crippen LogP contribution in [0.15, 0.2) is 12.1 Å². The highest BCUT2D eigenvalue weighted by Crippen LogP contribution is 2.28. The molecular formula is C11H14FIN2O3. The molecule has 0 saturated carbocycles. The SMILES string of the molecule is CC(CCO)CNc1cc(F)c(I)cc1[N+](=O)[O-]. The summed E-state index contributed by atoms with van der Waals surface area (Å²) in [7, 11) is 0. The highest BCUT2D eigenvalue weighted by Gasteiger charge is 2.17. The van der Waals surface area contributed by atoms with E-state index >= 15 is 0 Å². The van der Waals surface area contributed by atoms with Crippen LogP contribution in [0.3, 0.4) is 0 Å². The van der Waals surface area contributed by atoms with Crippen molar-refractivity contribution in [2.75, 3.05) is 18.5 Å². The summed E-state index contributed by atoms with van der Waals surface area (Å²) in [5, 5.41) is 22.5. The summed E-state index contributed by atoms with van der Waals surface area (Å²) in [6.45, 7) is 2.41. The third kappa shape index (κ3) is 4.05. The number of nitrogens with zero attached hydrogens (tertiary/aromatic N) is 1. The number of nitro groups is 1. The highest BCUT2D eigenvalue weighted by molar-refractivity contribution is 14.1. The van der Waals surface area contributed by atoms with Crippen LogP contribution in [0.5, 0.6) is 0 Å². The minimum absolute atomic E-state index is 0.0615. The van der Waals surface area contributed by atoms with E-state index in [1.165, 1.54) is 6.07 Å². The Hall–Kier alpha value is -0.960. The van der Waals surface area contributed by atoms with Gasteiger partial charge in [-0.2, -0.15) is 0 Å². The van der Waals surface area contributed by atoms with E-state index in [9.17, 15) is 14.5 Å². The first-order chi connectivity index (χ1) is 8.45. The average molecular weight is 368 g/mol. The first kappa shape index (κ1) is 15.1. The first-order valence-electron chi connectivity index (χ1n) is 5.44. The van der Waals surface area contributed by atoms with E-state index in [1.54, 1.807) is 22.6 Å². The minimum atomic E-state index is -0.541. The molecule has 1 atom stereocenters. The maximum absolute atomic E-state index is 13.4. The molecule has 2 N–H and O–H groups in total. The van der Waals surface area contributed by atoms with E-state index in [0.717, 1.165) is 6.07 Å². The van der Waals surface area contributed by atoms with Gasteiger partial charge < -0.3 is 10.4 Å². The van der Waals surface area contributed by atoms with E-state index in [-0.39, 0.29) is 27.5 Å². The summed E-state index contributed by atoms with van der Waals surface area (Å²) >= 11 is 1.71. The number of rotatable bonds is 6. The molecule has 0 saturated heterocycles. The molecule has 0 spiro atoms. The van der Waals surface area contributed by atoms with Crippen LogP contribution in [0.1, 0.15) is 13.3 Å². The zero-order valence-corrected chi connectivity index (χ0v) is 12.0. The quantitative estimate of drug-likeness (QED) is 0.460. The molecule has 0 aromatic heterocycles. The standard InChI is InChI=1S/C11H14FIN2O3/c1-7(2-3-16)6-14-10-4-8(12)9(13)5-11(10)15(17)18/h4-5,7,14,16H,2-3,6H2,1H3. The van der Waals surface area contributed by atoms with Gasteiger partial charge >= 0.3 is 0 Å². The summed E-state index contributed by atoms with van der Waals surface area (Å²) in [6, 6.07) is 2.33. The van der Waals surface area contributed by atoms with Gasteiger partial charge in [-0.3, -0.25) is 10.1 Å². The monoisotopic (exact) mass is 368 g/mol. The van der Waals surface area contributed by atoms with E-state index < -0.39 is 10.7 Å². The first-order valence-corrected chi connectivity index (χ1v) is 6.51. The van der Waals surface area contributed by atoms with Gasteiger partial charge in [-0.05, 0) is 34.9 Å². The normalized spacial score (nSPS) is 12.2. The Bertz CT molecular complexity index is 443. The van der Waals surface area contributed by atoms with Gasteiger partial charge in [-0.1, -0.05) is 6.92 Å². The number of aliphatic hydroxyl groups is 1. The van der Waals surface area contributed by atoms with Gasteiger partial charge in [0.05, 0.1) is 8.49 Å². The summed E-state index contributed by atoms with van der Waals surface area (Å²) in [5.74, 6) is -0.338. The fourth-order valence-corrected chi connectivity index (χ4v) is 1.89. The lowest BCUT2D eigenvalue weighted by Gasteiger charge is -2.12. The number of anilines is 1. The molecule has 0 heterocycles. The van der Waals surface area contributed by atoms with Crippen LogP contribution in [-0.4, -0.2) is 23.2 Å². The molecule has 0 aliphatic rings. The Morgan fingerprint density at radius 2 is 2.28 bits per heavy atom. The molecule has 5 nitrogen and oxygen atoms in total. The summed E-state index contributed by atoms with van der Waals surface area (Å²) in [6.07, 6.45) is 0.591. The van der Waals surface area contributed by atoms with Crippen LogP contribution in [0, 0.1) is 25.4 Å². The predicted molar refractivity (Wildman–Crippen MR) is 75.1 cm³/mol. The Morgan fingerprint density at radius 3 is 2.83 bits per heavy atom. The third-order valence-corrected chi connectivity index (χ3v) is 3.32. The van der Waals surface area contributed by atoms with Gasteiger partial charge in [0.1, 0.15) is 11.5 Å². The lowest BCUT2D eigenvalue weighted by atomic mass is 10.1. The summed E-state index contributed by atoms with van der Waals surface area (Å²) in [4.78, 5) is 10.3. The molecule has 0 fully saturated rings. The lowest BCUT2D eigenvalue weighted by molar-refractivity contribution is -0.384. The van der Waals surface area contributed by atoms with Crippen LogP contribution in [0.4, 0.5) is 15.8 Å². The van der Waals surface area contributed by atoms with Gasteiger partial charge in [0.15, 0.2) is 0 Å². The van der Waals surface area contributed by atoms with Crippen LogP contribution < -0.4 is 5.32 Å². The number of nitrogens with one attached hydrogen (secondary N) is 1. The van der Waals surface area contributed by atoms with E-state index in [2.05, 4.69) is 5.32 Å². The maximum Gasteiger partial charge on any atom is 0.293 e.